The second-order valence-electron chi connectivity index (χ2n) is 7.45. The van der Waals surface area contributed by atoms with Crippen molar-refractivity contribution in [3.05, 3.63) is 99.7 Å². The van der Waals surface area contributed by atoms with Crippen LogP contribution in [-0.2, 0) is 6.61 Å². The van der Waals surface area contributed by atoms with Gasteiger partial charge in [-0.3, -0.25) is 0 Å². The normalized spacial score (nSPS) is 10.9. The molecule has 0 atom stereocenters. The van der Waals surface area contributed by atoms with Crippen molar-refractivity contribution in [3.8, 4) is 29.3 Å². The summed E-state index contributed by atoms with van der Waals surface area (Å²) < 4.78 is 13.6. The molecule has 0 aliphatic rings. The fraction of sp³-hybridized carbons (Fsp3) is 0.0741. The third-order valence-corrected chi connectivity index (χ3v) is 5.79. The first-order valence-corrected chi connectivity index (χ1v) is 11.4. The molecule has 0 radical (unpaired) electrons. The van der Waals surface area contributed by atoms with E-state index in [2.05, 4.69) is 33.2 Å². The molecule has 0 bridgehead atoms. The van der Waals surface area contributed by atoms with Gasteiger partial charge in [-0.05, 0) is 57.4 Å². The molecule has 172 valence electrons. The zero-order valence-corrected chi connectivity index (χ0v) is 20.4. The lowest BCUT2D eigenvalue weighted by atomic mass is 10.1. The Labute approximate surface area is 211 Å². The molecule has 1 heterocycles. The summed E-state index contributed by atoms with van der Waals surface area (Å²) in [5.74, 6) is 1.20. The van der Waals surface area contributed by atoms with Crippen LogP contribution in [-0.4, -0.2) is 16.9 Å². The molecule has 3 aromatic carbocycles. The zero-order valence-electron chi connectivity index (χ0n) is 18.8. The maximum absolute atomic E-state index is 9.91. The van der Waals surface area contributed by atoms with Gasteiger partial charge >= 0.3 is 0 Å². The lowest BCUT2D eigenvalue weighted by molar-refractivity contribution is 0.282. The van der Waals surface area contributed by atoms with Crippen molar-refractivity contribution >= 4 is 33.4 Å². The highest BCUT2D eigenvalue weighted by atomic mass is 79.9. The second-order valence-corrected chi connectivity index (χ2v) is 8.30. The first-order valence-electron chi connectivity index (χ1n) is 10.6. The van der Waals surface area contributed by atoms with Crippen molar-refractivity contribution in [1.82, 2.24) is 9.78 Å². The Bertz CT molecular complexity index is 1470. The van der Waals surface area contributed by atoms with E-state index in [1.807, 2.05) is 66.7 Å². The maximum Gasteiger partial charge on any atom is 0.175 e. The summed E-state index contributed by atoms with van der Waals surface area (Å²) in [7, 11) is 1.55. The average molecular weight is 526 g/mol. The van der Waals surface area contributed by atoms with E-state index >= 15 is 0 Å². The van der Waals surface area contributed by atoms with E-state index in [9.17, 15) is 10.5 Å². The van der Waals surface area contributed by atoms with Crippen LogP contribution in [0.2, 0.25) is 0 Å². The standard InChI is InChI=1S/C27H20BrN5O2/c1-34-24-14-19(13-23(28)26(24)35-17-18-8-4-2-5-9-18)12-20(15-29)25-22(16-30)27(31)33(32-25)21-10-6-3-7-11-21/h2-14H,17,31H2,1H3. The molecule has 0 amide bonds. The van der Waals surface area contributed by atoms with Crippen LogP contribution in [0.25, 0.3) is 17.3 Å². The van der Waals surface area contributed by atoms with Gasteiger partial charge in [0.15, 0.2) is 11.5 Å². The smallest absolute Gasteiger partial charge is 0.175 e. The number of nitrogens with zero attached hydrogens (tertiary/aromatic N) is 4. The van der Waals surface area contributed by atoms with Crippen LogP contribution in [0, 0.1) is 22.7 Å². The monoisotopic (exact) mass is 525 g/mol. The van der Waals surface area contributed by atoms with Gasteiger partial charge in [0.1, 0.15) is 35.8 Å². The molecule has 8 heteroatoms. The molecule has 1 aromatic heterocycles. The number of para-hydroxylation sites is 1. The number of nitrogen functional groups attached to an aromatic ring is 1. The number of allylic oxidation sites excluding steroid dienone is 1. The quantitative estimate of drug-likeness (QED) is 0.308. The third-order valence-electron chi connectivity index (χ3n) is 5.20. The lowest BCUT2D eigenvalue weighted by Crippen LogP contribution is -2.02. The molecule has 0 aliphatic carbocycles. The van der Waals surface area contributed by atoms with Crippen LogP contribution < -0.4 is 15.2 Å². The summed E-state index contributed by atoms with van der Waals surface area (Å²) in [4.78, 5) is 0. The molecule has 4 rings (SSSR count). The first-order chi connectivity index (χ1) is 17.0. The number of ether oxygens (including phenoxy) is 2. The molecule has 0 unspecified atom stereocenters. The van der Waals surface area contributed by atoms with Gasteiger partial charge in [-0.15, -0.1) is 0 Å². The topological polar surface area (TPSA) is 110 Å². The number of methoxy groups -OCH3 is 1. The van der Waals surface area contributed by atoms with Crippen LogP contribution >= 0.6 is 15.9 Å². The molecule has 0 aliphatic heterocycles. The Balaban J connectivity index is 1.71. The van der Waals surface area contributed by atoms with E-state index in [0.717, 1.165) is 5.56 Å². The fourth-order valence-electron chi connectivity index (χ4n) is 3.51. The third kappa shape index (κ3) is 5.03. The fourth-order valence-corrected chi connectivity index (χ4v) is 4.08. The minimum atomic E-state index is 0.135. The van der Waals surface area contributed by atoms with E-state index in [-0.39, 0.29) is 22.6 Å². The summed E-state index contributed by atoms with van der Waals surface area (Å²) in [5.41, 5.74) is 9.10. The number of aromatic nitrogens is 2. The number of benzene rings is 3. The van der Waals surface area contributed by atoms with Crippen molar-refractivity contribution in [1.29, 1.82) is 10.5 Å². The first kappa shape index (κ1) is 23.6. The van der Waals surface area contributed by atoms with Gasteiger partial charge in [0.2, 0.25) is 0 Å². The molecule has 0 fully saturated rings. The average Bonchev–Trinajstić information content (AvgIpc) is 3.23. The predicted octanol–water partition coefficient (Wildman–Crippen LogP) is 5.74. The Hall–Kier alpha value is -4.53. The van der Waals surface area contributed by atoms with Crippen molar-refractivity contribution in [3.63, 3.8) is 0 Å². The lowest BCUT2D eigenvalue weighted by Gasteiger charge is -2.14. The summed E-state index contributed by atoms with van der Waals surface area (Å²) in [5, 5.41) is 24.1. The highest BCUT2D eigenvalue weighted by molar-refractivity contribution is 9.10. The van der Waals surface area contributed by atoms with Gasteiger partial charge in [-0.25, -0.2) is 4.68 Å². The van der Waals surface area contributed by atoms with Gasteiger partial charge in [-0.1, -0.05) is 48.5 Å². The number of halogens is 1. The Morgan fingerprint density at radius 2 is 1.77 bits per heavy atom. The van der Waals surface area contributed by atoms with Crippen molar-refractivity contribution in [2.75, 3.05) is 12.8 Å². The highest BCUT2D eigenvalue weighted by Gasteiger charge is 2.20. The van der Waals surface area contributed by atoms with Crippen LogP contribution in [0.3, 0.4) is 0 Å². The minimum Gasteiger partial charge on any atom is -0.493 e. The Morgan fingerprint density at radius 3 is 2.40 bits per heavy atom. The number of hydrogen-bond acceptors (Lipinski definition) is 6. The maximum atomic E-state index is 9.91. The summed E-state index contributed by atoms with van der Waals surface area (Å²) >= 11 is 3.55. The van der Waals surface area contributed by atoms with E-state index in [0.29, 0.717) is 33.8 Å². The Morgan fingerprint density at radius 1 is 1.09 bits per heavy atom. The van der Waals surface area contributed by atoms with E-state index in [1.54, 1.807) is 19.3 Å². The Kier molecular flexibility index (Phi) is 7.15. The molecule has 4 aromatic rings. The molecular weight excluding hydrogens is 506 g/mol. The number of nitriles is 2. The second kappa shape index (κ2) is 10.6. The number of anilines is 1. The van der Waals surface area contributed by atoms with E-state index in [1.165, 1.54) is 4.68 Å². The van der Waals surface area contributed by atoms with Crippen molar-refractivity contribution in [2.24, 2.45) is 0 Å². The van der Waals surface area contributed by atoms with Gasteiger partial charge in [0.05, 0.1) is 22.8 Å². The van der Waals surface area contributed by atoms with Gasteiger partial charge in [0.25, 0.3) is 0 Å². The van der Waals surface area contributed by atoms with Crippen molar-refractivity contribution in [2.45, 2.75) is 6.61 Å². The number of hydrogen-bond donors (Lipinski definition) is 1. The molecule has 35 heavy (non-hydrogen) atoms. The van der Waals surface area contributed by atoms with Gasteiger partial charge < -0.3 is 15.2 Å². The molecule has 0 spiro atoms. The van der Waals surface area contributed by atoms with Gasteiger partial charge in [-0.2, -0.15) is 15.6 Å². The highest BCUT2D eigenvalue weighted by Crippen LogP contribution is 2.38. The van der Waals surface area contributed by atoms with Crippen LogP contribution in [0.15, 0.2) is 77.3 Å². The SMILES string of the molecule is COc1cc(C=C(C#N)c2nn(-c3ccccc3)c(N)c2C#N)cc(Br)c1OCc1ccccc1. The number of rotatable bonds is 7. The molecule has 7 nitrogen and oxygen atoms in total. The molecular formula is C27H20BrN5O2. The largest absolute Gasteiger partial charge is 0.493 e. The summed E-state index contributed by atoms with van der Waals surface area (Å²) in [6, 6.07) is 26.8. The minimum absolute atomic E-state index is 0.135. The van der Waals surface area contributed by atoms with Crippen LogP contribution in [0.5, 0.6) is 11.5 Å². The number of nitrogens with two attached hydrogens (primary N) is 1. The predicted molar refractivity (Wildman–Crippen MR) is 138 cm³/mol. The summed E-state index contributed by atoms with van der Waals surface area (Å²) in [6.07, 6.45) is 1.63. The molecule has 0 saturated heterocycles. The van der Waals surface area contributed by atoms with Crippen molar-refractivity contribution < 1.29 is 9.47 Å². The van der Waals surface area contributed by atoms with Crippen LogP contribution in [0.1, 0.15) is 22.4 Å². The summed E-state index contributed by atoms with van der Waals surface area (Å²) in [6.45, 7) is 0.371. The zero-order chi connectivity index (χ0) is 24.8. The molecule has 2 N–H and O–H groups in total. The molecule has 0 saturated carbocycles. The van der Waals surface area contributed by atoms with Gasteiger partial charge in [0, 0.05) is 0 Å². The van der Waals surface area contributed by atoms with Crippen LogP contribution in [0.4, 0.5) is 5.82 Å². The van der Waals surface area contributed by atoms with E-state index < -0.39 is 0 Å². The van der Waals surface area contributed by atoms with E-state index in [4.69, 9.17) is 15.2 Å².